The monoisotopic (exact) mass is 658 g/mol. The van der Waals surface area contributed by atoms with Gasteiger partial charge in [-0.3, -0.25) is 5.32 Å². The first kappa shape index (κ1) is 31.4. The molecule has 0 saturated heterocycles. The second-order valence-electron chi connectivity index (χ2n) is 14.8. The summed E-state index contributed by atoms with van der Waals surface area (Å²) < 4.78 is 0. The average molecular weight is 659 g/mol. The van der Waals surface area contributed by atoms with E-state index in [0.29, 0.717) is 0 Å². The minimum atomic E-state index is -0.360. The van der Waals surface area contributed by atoms with Crippen molar-refractivity contribution >= 4 is 16.8 Å². The van der Waals surface area contributed by atoms with Crippen LogP contribution in [-0.2, 0) is 10.8 Å². The van der Waals surface area contributed by atoms with Gasteiger partial charge in [0.05, 0.1) is 12.2 Å². The third-order valence-electron chi connectivity index (χ3n) is 11.6. The van der Waals surface area contributed by atoms with Gasteiger partial charge in [-0.05, 0) is 96.6 Å². The Bertz CT molecular complexity index is 2460. The zero-order valence-electron chi connectivity index (χ0n) is 29.4. The van der Waals surface area contributed by atoms with Crippen molar-refractivity contribution < 1.29 is 0 Å². The molecule has 51 heavy (non-hydrogen) atoms. The lowest BCUT2D eigenvalue weighted by atomic mass is 9.74. The molecule has 2 aliphatic rings. The normalized spacial score (nSPS) is 17.9. The van der Waals surface area contributed by atoms with Crippen LogP contribution in [0.2, 0.25) is 0 Å². The standard InChI is InChI=1S/C49H42N2/c1-48(2)41-26-14-20-32(45(41)39-30-34-18-10-11-19-35(34)31-43(39)48)28-29-44(51-47(50)33-16-6-4-7-17-33)38-24-15-27-42-46(38)37-23-12-13-25-40(37)49(42,3)36-21-8-5-9-22-36/h4-31,44,47,51H,50H2,1-3H3/b29-28+. The SMILES string of the molecule is CC1(C)c2cc3ccccc3cc2-c2c(/C=C/C(NC(N)c3ccccc3)c3cccc4c3-c3ccccc3C4(C)c3ccccc3)cccc21. The van der Waals surface area contributed by atoms with Crippen LogP contribution in [0.3, 0.4) is 0 Å². The molecule has 0 heterocycles. The summed E-state index contributed by atoms with van der Waals surface area (Å²) in [4.78, 5) is 0. The van der Waals surface area contributed by atoms with Gasteiger partial charge in [0.25, 0.3) is 0 Å². The number of rotatable bonds is 7. The van der Waals surface area contributed by atoms with Crippen LogP contribution < -0.4 is 11.1 Å². The average Bonchev–Trinajstić information content (AvgIpc) is 3.58. The lowest BCUT2D eigenvalue weighted by molar-refractivity contribution is 0.509. The van der Waals surface area contributed by atoms with Crippen molar-refractivity contribution in [3.8, 4) is 22.3 Å². The highest BCUT2D eigenvalue weighted by atomic mass is 15.0. The molecule has 2 nitrogen and oxygen atoms in total. The molecular formula is C49H42N2. The topological polar surface area (TPSA) is 38.0 Å². The Balaban J connectivity index is 1.22. The zero-order valence-corrected chi connectivity index (χ0v) is 29.4. The first-order valence-corrected chi connectivity index (χ1v) is 18.1. The fourth-order valence-electron chi connectivity index (χ4n) is 8.95. The molecule has 7 aromatic rings. The van der Waals surface area contributed by atoms with Gasteiger partial charge in [0, 0.05) is 10.8 Å². The van der Waals surface area contributed by atoms with Crippen LogP contribution in [0.5, 0.6) is 0 Å². The smallest absolute Gasteiger partial charge is 0.0817 e. The van der Waals surface area contributed by atoms with E-state index in [4.69, 9.17) is 5.73 Å². The molecule has 7 aromatic carbocycles. The zero-order chi connectivity index (χ0) is 34.7. The number of hydrogen-bond donors (Lipinski definition) is 2. The number of nitrogens with two attached hydrogens (primary N) is 1. The van der Waals surface area contributed by atoms with Crippen molar-refractivity contribution in [3.63, 3.8) is 0 Å². The summed E-state index contributed by atoms with van der Waals surface area (Å²) in [5, 5.41) is 6.42. The first-order valence-electron chi connectivity index (χ1n) is 18.1. The molecule has 2 heteroatoms. The van der Waals surface area contributed by atoms with Crippen molar-refractivity contribution in [2.75, 3.05) is 0 Å². The molecule has 248 valence electrons. The Kier molecular flexibility index (Phi) is 7.43. The van der Waals surface area contributed by atoms with E-state index in [1.54, 1.807) is 0 Å². The maximum Gasteiger partial charge on any atom is 0.0817 e. The highest BCUT2D eigenvalue weighted by Crippen LogP contribution is 2.55. The first-order chi connectivity index (χ1) is 24.9. The molecule has 0 fully saturated rings. The summed E-state index contributed by atoms with van der Waals surface area (Å²) in [6.07, 6.45) is 4.30. The van der Waals surface area contributed by atoms with Gasteiger partial charge in [0.15, 0.2) is 0 Å². The molecule has 0 amide bonds. The van der Waals surface area contributed by atoms with Crippen molar-refractivity contribution in [1.29, 1.82) is 0 Å². The maximum atomic E-state index is 6.98. The molecule has 2 aliphatic carbocycles. The molecule has 3 N–H and O–H groups in total. The van der Waals surface area contributed by atoms with E-state index in [-0.39, 0.29) is 23.0 Å². The number of nitrogens with one attached hydrogen (secondary N) is 1. The Morgan fingerprint density at radius 2 is 1.18 bits per heavy atom. The van der Waals surface area contributed by atoms with E-state index < -0.39 is 0 Å². The minimum absolute atomic E-state index is 0.0995. The van der Waals surface area contributed by atoms with Crippen molar-refractivity contribution in [1.82, 2.24) is 5.32 Å². The highest BCUT2D eigenvalue weighted by molar-refractivity contribution is 5.96. The largest absolute Gasteiger partial charge is 0.312 e. The van der Waals surface area contributed by atoms with Gasteiger partial charge in [0.2, 0.25) is 0 Å². The van der Waals surface area contributed by atoms with Gasteiger partial charge in [-0.15, -0.1) is 0 Å². The molecule has 0 radical (unpaired) electrons. The summed E-state index contributed by atoms with van der Waals surface area (Å²) >= 11 is 0. The minimum Gasteiger partial charge on any atom is -0.312 e. The lowest BCUT2D eigenvalue weighted by Gasteiger charge is -2.29. The van der Waals surface area contributed by atoms with Crippen LogP contribution in [0.1, 0.15) is 77.5 Å². The lowest BCUT2D eigenvalue weighted by Crippen LogP contribution is -2.32. The molecule has 0 spiro atoms. The Morgan fingerprint density at radius 1 is 0.549 bits per heavy atom. The van der Waals surface area contributed by atoms with E-state index in [0.717, 1.165) is 5.56 Å². The molecule has 3 unspecified atom stereocenters. The molecule has 0 bridgehead atoms. The van der Waals surface area contributed by atoms with Gasteiger partial charge in [0.1, 0.15) is 0 Å². The number of hydrogen-bond acceptors (Lipinski definition) is 2. The third-order valence-corrected chi connectivity index (χ3v) is 11.6. The fraction of sp³-hybridized carbons (Fsp3) is 0.143. The second kappa shape index (κ2) is 12.1. The van der Waals surface area contributed by atoms with Gasteiger partial charge in [-0.2, -0.15) is 0 Å². The van der Waals surface area contributed by atoms with Crippen LogP contribution in [-0.4, -0.2) is 0 Å². The summed E-state index contributed by atoms with van der Waals surface area (Å²) in [7, 11) is 0. The van der Waals surface area contributed by atoms with E-state index in [2.05, 4.69) is 190 Å². The van der Waals surface area contributed by atoms with Crippen LogP contribution in [0.4, 0.5) is 0 Å². The van der Waals surface area contributed by atoms with Crippen LogP contribution in [0, 0.1) is 0 Å². The quantitative estimate of drug-likeness (QED) is 0.167. The Hall–Kier alpha value is -5.54. The van der Waals surface area contributed by atoms with Crippen LogP contribution in [0.25, 0.3) is 39.1 Å². The number of fused-ring (bicyclic) bond motifs is 7. The number of benzene rings is 7. The second-order valence-corrected chi connectivity index (χ2v) is 14.8. The van der Waals surface area contributed by atoms with Gasteiger partial charge >= 0.3 is 0 Å². The molecule has 0 aromatic heterocycles. The van der Waals surface area contributed by atoms with E-state index in [1.165, 1.54) is 72.0 Å². The van der Waals surface area contributed by atoms with Gasteiger partial charge < -0.3 is 5.73 Å². The van der Waals surface area contributed by atoms with E-state index in [1.807, 2.05) is 6.07 Å². The molecular weight excluding hydrogens is 617 g/mol. The third kappa shape index (κ3) is 4.93. The Morgan fingerprint density at radius 3 is 1.96 bits per heavy atom. The highest BCUT2D eigenvalue weighted by Gasteiger charge is 2.42. The molecule has 0 aliphatic heterocycles. The van der Waals surface area contributed by atoms with Crippen molar-refractivity contribution in [2.24, 2.45) is 5.73 Å². The van der Waals surface area contributed by atoms with Gasteiger partial charge in [-0.25, -0.2) is 0 Å². The summed E-state index contributed by atoms with van der Waals surface area (Å²) in [5.74, 6) is 0. The fourth-order valence-corrected chi connectivity index (χ4v) is 8.95. The Labute approximate surface area is 301 Å². The predicted octanol–water partition coefficient (Wildman–Crippen LogP) is 11.5. The molecule has 0 saturated carbocycles. The summed E-state index contributed by atoms with van der Waals surface area (Å²) in [6.45, 7) is 7.09. The van der Waals surface area contributed by atoms with E-state index >= 15 is 0 Å². The van der Waals surface area contributed by atoms with Crippen molar-refractivity contribution in [3.05, 3.63) is 208 Å². The molecule has 9 rings (SSSR count). The predicted molar refractivity (Wildman–Crippen MR) is 214 cm³/mol. The summed E-state index contributed by atoms with van der Waals surface area (Å²) in [6, 6.07) is 57.2. The van der Waals surface area contributed by atoms with Gasteiger partial charge in [-0.1, -0.05) is 172 Å². The van der Waals surface area contributed by atoms with Crippen molar-refractivity contribution in [2.45, 2.75) is 43.8 Å². The van der Waals surface area contributed by atoms with Crippen LogP contribution >= 0.6 is 0 Å². The molecule has 3 atom stereocenters. The van der Waals surface area contributed by atoms with E-state index in [9.17, 15) is 0 Å². The maximum absolute atomic E-state index is 6.98. The summed E-state index contributed by atoms with van der Waals surface area (Å²) in [5.41, 5.74) is 22.0. The van der Waals surface area contributed by atoms with Crippen LogP contribution in [0.15, 0.2) is 164 Å².